The molecule has 0 aliphatic carbocycles. The first kappa shape index (κ1) is 26.3. The van der Waals surface area contributed by atoms with Gasteiger partial charge >= 0.3 is 5.69 Å². The van der Waals surface area contributed by atoms with E-state index in [0.29, 0.717) is 43.4 Å². The second-order valence-corrected chi connectivity index (χ2v) is 10.3. The summed E-state index contributed by atoms with van der Waals surface area (Å²) in [6, 6.07) is 22.5. The Hall–Kier alpha value is -3.30. The van der Waals surface area contributed by atoms with Gasteiger partial charge in [0.1, 0.15) is 30.3 Å². The second kappa shape index (κ2) is 11.2. The van der Waals surface area contributed by atoms with Crippen molar-refractivity contribution in [3.8, 4) is 11.5 Å². The summed E-state index contributed by atoms with van der Waals surface area (Å²) in [6.07, 6.45) is -0.424. The molecule has 3 aromatic carbocycles. The summed E-state index contributed by atoms with van der Waals surface area (Å²) < 4.78 is 15.0. The molecule has 38 heavy (non-hydrogen) atoms. The highest BCUT2D eigenvalue weighted by atomic mass is 35.5. The average Bonchev–Trinajstić information content (AvgIpc) is 3.16. The van der Waals surface area contributed by atoms with Gasteiger partial charge in [-0.2, -0.15) is 0 Å². The van der Waals surface area contributed by atoms with E-state index in [4.69, 9.17) is 21.1 Å². The number of ether oxygens (including phenoxy) is 2. The molecule has 0 spiro atoms. The van der Waals surface area contributed by atoms with Crippen molar-refractivity contribution in [3.05, 3.63) is 93.9 Å². The Morgan fingerprint density at radius 3 is 2.53 bits per heavy atom. The smallest absolute Gasteiger partial charge is 0.328 e. The molecule has 0 saturated carbocycles. The minimum Gasteiger partial charge on any atom is -0.492 e. The van der Waals surface area contributed by atoms with Crippen molar-refractivity contribution in [2.45, 2.75) is 31.2 Å². The van der Waals surface area contributed by atoms with Gasteiger partial charge in [0, 0.05) is 31.7 Å². The summed E-state index contributed by atoms with van der Waals surface area (Å²) in [4.78, 5) is 14.7. The maximum atomic E-state index is 12.6. The molecule has 2 N–H and O–H groups in total. The Balaban J connectivity index is 1.15. The minimum atomic E-state index is -1.39. The summed E-state index contributed by atoms with van der Waals surface area (Å²) in [5, 5.41) is 22.2. The average molecular weight is 538 g/mol. The zero-order chi connectivity index (χ0) is 26.7. The van der Waals surface area contributed by atoms with Crippen molar-refractivity contribution in [2.24, 2.45) is 7.05 Å². The van der Waals surface area contributed by atoms with E-state index in [2.05, 4.69) is 4.90 Å². The van der Waals surface area contributed by atoms with Gasteiger partial charge in [-0.05, 0) is 54.4 Å². The van der Waals surface area contributed by atoms with Crippen LogP contribution in [0.15, 0.2) is 77.6 Å². The normalized spacial score (nSPS) is 20.1. The lowest BCUT2D eigenvalue weighted by Gasteiger charge is -2.42. The molecule has 2 atom stereocenters. The van der Waals surface area contributed by atoms with E-state index in [-0.39, 0.29) is 18.8 Å². The van der Waals surface area contributed by atoms with Crippen LogP contribution in [0.2, 0.25) is 5.02 Å². The summed E-state index contributed by atoms with van der Waals surface area (Å²) in [7, 11) is 1.77. The number of β-amino-alcohol motifs (C(OH)–C–C–N with tert-alkyl or cyclic N) is 1. The number of piperidine rings is 1. The Kier molecular flexibility index (Phi) is 7.76. The highest BCUT2D eigenvalue weighted by Gasteiger charge is 2.42. The molecule has 2 heterocycles. The van der Waals surface area contributed by atoms with Crippen molar-refractivity contribution in [1.29, 1.82) is 0 Å². The number of halogens is 1. The molecule has 1 saturated heterocycles. The fourth-order valence-electron chi connectivity index (χ4n) is 4.97. The van der Waals surface area contributed by atoms with Crippen molar-refractivity contribution >= 4 is 22.6 Å². The molecule has 5 rings (SSSR count). The second-order valence-electron chi connectivity index (χ2n) is 9.84. The molecule has 1 aliphatic rings. The quantitative estimate of drug-likeness (QED) is 0.340. The van der Waals surface area contributed by atoms with E-state index in [1.54, 1.807) is 40.4 Å². The molecule has 8 nitrogen and oxygen atoms in total. The van der Waals surface area contributed by atoms with E-state index in [1.165, 1.54) is 0 Å². The van der Waals surface area contributed by atoms with Crippen molar-refractivity contribution in [2.75, 3.05) is 26.3 Å². The molecule has 1 aliphatic heterocycles. The SMILES string of the molecule is Cn1c(=O)n(CCOc2ccc(CN3CC[C@H](O)[C@@](O)(COc4cccc(Cl)c4)C3)cc2)c2ccccc21. The van der Waals surface area contributed by atoms with Crippen LogP contribution in [0.5, 0.6) is 11.5 Å². The van der Waals surface area contributed by atoms with Gasteiger partial charge in [-0.3, -0.25) is 14.0 Å². The number of imidazole rings is 1. The van der Waals surface area contributed by atoms with Crippen LogP contribution in [-0.2, 0) is 20.1 Å². The van der Waals surface area contributed by atoms with Crippen LogP contribution in [0.25, 0.3) is 11.0 Å². The monoisotopic (exact) mass is 537 g/mol. The van der Waals surface area contributed by atoms with Gasteiger partial charge in [0.05, 0.1) is 23.7 Å². The van der Waals surface area contributed by atoms with E-state index in [9.17, 15) is 15.0 Å². The van der Waals surface area contributed by atoms with E-state index in [0.717, 1.165) is 22.3 Å². The molecule has 0 radical (unpaired) electrons. The number of nitrogens with zero attached hydrogens (tertiary/aromatic N) is 3. The van der Waals surface area contributed by atoms with Gasteiger partial charge < -0.3 is 19.7 Å². The van der Waals surface area contributed by atoms with Crippen LogP contribution in [-0.4, -0.2) is 62.3 Å². The first-order chi connectivity index (χ1) is 18.3. The number of aryl methyl sites for hydroxylation is 1. The van der Waals surface area contributed by atoms with Gasteiger partial charge in [-0.15, -0.1) is 0 Å². The number of fused-ring (bicyclic) bond motifs is 1. The summed E-state index contributed by atoms with van der Waals surface area (Å²) in [6.45, 7) is 2.37. The topological polar surface area (TPSA) is 89.1 Å². The lowest BCUT2D eigenvalue weighted by Crippen LogP contribution is -2.59. The number of benzene rings is 3. The summed E-state index contributed by atoms with van der Waals surface area (Å²) in [5.74, 6) is 1.28. The number of likely N-dealkylation sites (tertiary alicyclic amines) is 1. The molecule has 0 amide bonds. The fourth-order valence-corrected chi connectivity index (χ4v) is 5.15. The van der Waals surface area contributed by atoms with Crippen LogP contribution in [0.4, 0.5) is 0 Å². The third kappa shape index (κ3) is 5.73. The molecule has 1 aromatic heterocycles. The molecule has 0 bridgehead atoms. The fraction of sp³-hybridized carbons (Fsp3) is 0.345. The molecule has 1 fully saturated rings. The van der Waals surface area contributed by atoms with Crippen molar-refractivity contribution < 1.29 is 19.7 Å². The number of hydrogen-bond donors (Lipinski definition) is 2. The van der Waals surface area contributed by atoms with E-state index >= 15 is 0 Å². The Labute approximate surface area is 226 Å². The van der Waals surface area contributed by atoms with Crippen molar-refractivity contribution in [1.82, 2.24) is 14.0 Å². The number of hydrogen-bond acceptors (Lipinski definition) is 6. The van der Waals surface area contributed by atoms with Gasteiger partial charge in [0.25, 0.3) is 0 Å². The molecule has 200 valence electrons. The number of aromatic nitrogens is 2. The number of para-hydroxylation sites is 2. The lowest BCUT2D eigenvalue weighted by molar-refractivity contribution is -0.140. The van der Waals surface area contributed by atoms with Gasteiger partial charge in [-0.1, -0.05) is 41.9 Å². The largest absolute Gasteiger partial charge is 0.492 e. The molecular formula is C29H32ClN3O5. The standard InChI is InChI=1S/C29H32ClN3O5/c1-31-25-7-2-3-8-26(25)33(28(31)35)15-16-37-23-11-9-21(10-12-23)18-32-14-13-27(34)29(36,19-32)20-38-24-6-4-5-22(30)17-24/h2-12,17,27,34,36H,13-16,18-20H2,1H3/t27-,29-/m0/s1. The molecule has 4 aromatic rings. The number of aliphatic hydroxyl groups excluding tert-OH is 1. The van der Waals surface area contributed by atoms with E-state index < -0.39 is 11.7 Å². The first-order valence-corrected chi connectivity index (χ1v) is 13.1. The number of rotatable bonds is 9. The zero-order valence-corrected chi connectivity index (χ0v) is 22.1. The predicted molar refractivity (Wildman–Crippen MR) is 147 cm³/mol. The minimum absolute atomic E-state index is 0.0302. The highest BCUT2D eigenvalue weighted by Crippen LogP contribution is 2.26. The Bertz CT molecular complexity index is 1450. The molecule has 9 heteroatoms. The van der Waals surface area contributed by atoms with Crippen LogP contribution >= 0.6 is 11.6 Å². The van der Waals surface area contributed by atoms with Crippen LogP contribution in [0, 0.1) is 0 Å². The Morgan fingerprint density at radius 2 is 1.76 bits per heavy atom. The maximum Gasteiger partial charge on any atom is 0.328 e. The van der Waals surface area contributed by atoms with Crippen molar-refractivity contribution in [3.63, 3.8) is 0 Å². The van der Waals surface area contributed by atoms with Gasteiger partial charge in [-0.25, -0.2) is 4.79 Å². The zero-order valence-electron chi connectivity index (χ0n) is 21.3. The van der Waals surface area contributed by atoms with Crippen LogP contribution < -0.4 is 15.2 Å². The van der Waals surface area contributed by atoms with Crippen LogP contribution in [0.1, 0.15) is 12.0 Å². The third-order valence-corrected chi connectivity index (χ3v) is 7.32. The molecular weight excluding hydrogens is 506 g/mol. The predicted octanol–water partition coefficient (Wildman–Crippen LogP) is 3.45. The highest BCUT2D eigenvalue weighted by molar-refractivity contribution is 6.30. The summed E-state index contributed by atoms with van der Waals surface area (Å²) in [5.41, 5.74) is 1.41. The Morgan fingerprint density at radius 1 is 1.00 bits per heavy atom. The lowest BCUT2D eigenvalue weighted by atomic mass is 9.90. The van der Waals surface area contributed by atoms with Gasteiger partial charge in [0.2, 0.25) is 0 Å². The van der Waals surface area contributed by atoms with Crippen LogP contribution in [0.3, 0.4) is 0 Å². The summed E-state index contributed by atoms with van der Waals surface area (Å²) >= 11 is 6.01. The third-order valence-electron chi connectivity index (χ3n) is 7.09. The van der Waals surface area contributed by atoms with E-state index in [1.807, 2.05) is 48.5 Å². The molecule has 0 unspecified atom stereocenters. The maximum absolute atomic E-state index is 12.6. The number of aliphatic hydroxyl groups is 2. The van der Waals surface area contributed by atoms with Gasteiger partial charge in [0.15, 0.2) is 0 Å². The first-order valence-electron chi connectivity index (χ1n) is 12.7.